The zero-order valence-corrected chi connectivity index (χ0v) is 20.2. The number of hydrogen-bond acceptors (Lipinski definition) is 8. The molecule has 0 fully saturated rings. The van der Waals surface area contributed by atoms with Gasteiger partial charge in [-0.2, -0.15) is 23.5 Å². The maximum atomic E-state index is 11.6. The molecule has 2 heterocycles. The molecular formula is C23H32O6S2. The zero-order valence-electron chi connectivity index (χ0n) is 18.6. The van der Waals surface area contributed by atoms with Crippen LogP contribution in [0.2, 0.25) is 0 Å². The van der Waals surface area contributed by atoms with Crippen LogP contribution in [0.3, 0.4) is 0 Å². The summed E-state index contributed by atoms with van der Waals surface area (Å²) in [5.74, 6) is 4.55. The minimum Gasteiger partial charge on any atom is -0.502 e. The van der Waals surface area contributed by atoms with E-state index >= 15 is 0 Å². The van der Waals surface area contributed by atoms with Gasteiger partial charge in [-0.3, -0.25) is 9.59 Å². The molecule has 2 aromatic rings. The predicted octanol–water partition coefficient (Wildman–Crippen LogP) is 4.90. The Kier molecular flexibility index (Phi) is 9.18. The molecule has 0 aliphatic heterocycles. The third-order valence-corrected chi connectivity index (χ3v) is 7.42. The lowest BCUT2D eigenvalue weighted by atomic mass is 9.87. The highest BCUT2D eigenvalue weighted by molar-refractivity contribution is 8.00. The van der Waals surface area contributed by atoms with Crippen molar-refractivity contribution < 1.29 is 19.0 Å². The molecule has 0 atom stereocenters. The van der Waals surface area contributed by atoms with E-state index < -0.39 is 10.9 Å². The molecule has 0 aromatic carbocycles. The maximum Gasteiger partial charge on any atom is 0.226 e. The van der Waals surface area contributed by atoms with Crippen LogP contribution < -0.4 is 10.9 Å². The first-order valence-corrected chi connectivity index (χ1v) is 12.6. The highest BCUT2D eigenvalue weighted by Gasteiger charge is 2.25. The van der Waals surface area contributed by atoms with E-state index in [1.165, 1.54) is 12.1 Å². The van der Waals surface area contributed by atoms with Crippen LogP contribution in [0.25, 0.3) is 0 Å². The Labute approximate surface area is 191 Å². The van der Waals surface area contributed by atoms with E-state index in [1.54, 1.807) is 0 Å². The summed E-state index contributed by atoms with van der Waals surface area (Å²) in [7, 11) is 0. The lowest BCUT2D eigenvalue weighted by Crippen LogP contribution is -2.20. The molecule has 2 N–H and O–H groups in total. The van der Waals surface area contributed by atoms with E-state index in [-0.39, 0.29) is 22.3 Å². The highest BCUT2D eigenvalue weighted by atomic mass is 32.2. The average molecular weight is 469 g/mol. The number of aromatic hydroxyl groups is 2. The second-order valence-corrected chi connectivity index (χ2v) is 11.3. The lowest BCUT2D eigenvalue weighted by molar-refractivity contribution is 0.347. The molecule has 31 heavy (non-hydrogen) atoms. The Morgan fingerprint density at radius 1 is 0.742 bits per heavy atom. The first-order valence-electron chi connectivity index (χ1n) is 10.3. The molecule has 0 bridgehead atoms. The highest BCUT2D eigenvalue weighted by Crippen LogP contribution is 2.30. The van der Waals surface area contributed by atoms with Crippen LogP contribution in [0.1, 0.15) is 58.5 Å². The van der Waals surface area contributed by atoms with E-state index in [0.717, 1.165) is 54.8 Å². The molecule has 8 heteroatoms. The SMILES string of the molecule is CC(C)(CCSCCCSCCC(C)(C)c1cc(=O)c(O)co1)c1cc(=O)c(O)co1. The van der Waals surface area contributed by atoms with Gasteiger partial charge in [0.1, 0.15) is 24.0 Å². The molecule has 0 saturated carbocycles. The van der Waals surface area contributed by atoms with Gasteiger partial charge in [0, 0.05) is 23.0 Å². The smallest absolute Gasteiger partial charge is 0.226 e. The van der Waals surface area contributed by atoms with Crippen molar-refractivity contribution in [1.82, 2.24) is 0 Å². The number of rotatable bonds is 12. The van der Waals surface area contributed by atoms with Crippen molar-refractivity contribution in [3.8, 4) is 11.5 Å². The molecule has 0 aliphatic rings. The summed E-state index contributed by atoms with van der Waals surface area (Å²) in [6.45, 7) is 8.15. The first-order chi connectivity index (χ1) is 14.5. The second-order valence-electron chi connectivity index (χ2n) is 8.83. The van der Waals surface area contributed by atoms with Crippen molar-refractivity contribution in [3.63, 3.8) is 0 Å². The molecule has 0 spiro atoms. The Morgan fingerprint density at radius 3 is 1.48 bits per heavy atom. The molecule has 0 saturated heterocycles. The largest absolute Gasteiger partial charge is 0.502 e. The van der Waals surface area contributed by atoms with Crippen molar-refractivity contribution in [2.24, 2.45) is 0 Å². The Balaban J connectivity index is 1.62. The predicted molar refractivity (Wildman–Crippen MR) is 128 cm³/mol. The quantitative estimate of drug-likeness (QED) is 0.424. The first kappa shape index (κ1) is 25.5. The summed E-state index contributed by atoms with van der Waals surface area (Å²) in [5, 5.41) is 18.7. The minimum atomic E-state index is -0.408. The van der Waals surface area contributed by atoms with Gasteiger partial charge in [-0.25, -0.2) is 0 Å². The van der Waals surface area contributed by atoms with Gasteiger partial charge in [-0.1, -0.05) is 27.7 Å². The van der Waals surface area contributed by atoms with Gasteiger partial charge in [0.2, 0.25) is 10.9 Å². The van der Waals surface area contributed by atoms with E-state index in [9.17, 15) is 19.8 Å². The van der Waals surface area contributed by atoms with E-state index in [2.05, 4.69) is 0 Å². The molecule has 2 rings (SSSR count). The Bertz CT molecular complexity index is 884. The van der Waals surface area contributed by atoms with E-state index in [1.807, 2.05) is 51.2 Å². The molecule has 2 aromatic heterocycles. The van der Waals surface area contributed by atoms with Crippen LogP contribution in [0.5, 0.6) is 11.5 Å². The fourth-order valence-corrected chi connectivity index (χ4v) is 5.48. The van der Waals surface area contributed by atoms with Crippen molar-refractivity contribution >= 4 is 23.5 Å². The van der Waals surface area contributed by atoms with Gasteiger partial charge in [-0.15, -0.1) is 0 Å². The second kappa shape index (κ2) is 11.2. The standard InChI is InChI=1S/C23H32O6S2/c1-22(2,20-12-16(24)18(26)14-28-20)6-10-30-8-5-9-31-11-7-23(3,4)21-13-17(25)19(27)15-29-21/h12-15,26-27H,5-11H2,1-4H3. The third kappa shape index (κ3) is 7.68. The van der Waals surface area contributed by atoms with Crippen LogP contribution >= 0.6 is 23.5 Å². The Morgan fingerprint density at radius 2 is 1.13 bits per heavy atom. The van der Waals surface area contributed by atoms with Crippen molar-refractivity contribution in [3.05, 3.63) is 56.6 Å². The van der Waals surface area contributed by atoms with Crippen LogP contribution in [-0.4, -0.2) is 33.2 Å². The van der Waals surface area contributed by atoms with Gasteiger partial charge in [0.05, 0.1) is 0 Å². The van der Waals surface area contributed by atoms with Crippen LogP contribution in [0, 0.1) is 0 Å². The molecule has 0 amide bonds. The van der Waals surface area contributed by atoms with Crippen LogP contribution in [0.4, 0.5) is 0 Å². The molecule has 0 radical (unpaired) electrons. The monoisotopic (exact) mass is 468 g/mol. The molecule has 0 unspecified atom stereocenters. The summed E-state index contributed by atoms with van der Waals surface area (Å²) < 4.78 is 10.8. The van der Waals surface area contributed by atoms with E-state index in [4.69, 9.17) is 8.83 Å². The van der Waals surface area contributed by atoms with Gasteiger partial charge in [-0.05, 0) is 42.3 Å². The van der Waals surface area contributed by atoms with Crippen molar-refractivity contribution in [1.29, 1.82) is 0 Å². The molecule has 6 nitrogen and oxygen atoms in total. The molecular weight excluding hydrogens is 436 g/mol. The average Bonchev–Trinajstić information content (AvgIpc) is 2.70. The third-order valence-electron chi connectivity index (χ3n) is 5.28. The van der Waals surface area contributed by atoms with Crippen molar-refractivity contribution in [2.75, 3.05) is 23.0 Å². The topological polar surface area (TPSA) is 101 Å². The molecule has 172 valence electrons. The zero-order chi connectivity index (χ0) is 23.1. The lowest BCUT2D eigenvalue weighted by Gasteiger charge is -2.23. The van der Waals surface area contributed by atoms with Gasteiger partial charge in [0.15, 0.2) is 11.5 Å². The number of thioether (sulfide) groups is 2. The summed E-state index contributed by atoms with van der Waals surface area (Å²) in [4.78, 5) is 23.2. The summed E-state index contributed by atoms with van der Waals surface area (Å²) in [6.07, 6.45) is 5.09. The number of hydrogen-bond donors (Lipinski definition) is 2. The van der Waals surface area contributed by atoms with Crippen LogP contribution in [0.15, 0.2) is 43.1 Å². The maximum absolute atomic E-state index is 11.6. The fourth-order valence-electron chi connectivity index (χ4n) is 2.89. The summed E-state index contributed by atoms with van der Waals surface area (Å²) in [6, 6.07) is 2.75. The van der Waals surface area contributed by atoms with Crippen LogP contribution in [-0.2, 0) is 10.8 Å². The fraction of sp³-hybridized carbons (Fsp3) is 0.565. The normalized spacial score (nSPS) is 12.3. The van der Waals surface area contributed by atoms with Gasteiger partial charge in [0.25, 0.3) is 0 Å². The minimum absolute atomic E-state index is 0.260. The molecule has 0 aliphatic carbocycles. The Hall–Kier alpha value is -1.80. The van der Waals surface area contributed by atoms with Gasteiger partial charge < -0.3 is 19.0 Å². The summed E-state index contributed by atoms with van der Waals surface area (Å²) in [5.41, 5.74) is -1.34. The van der Waals surface area contributed by atoms with E-state index in [0.29, 0.717) is 11.5 Å². The van der Waals surface area contributed by atoms with Crippen molar-refractivity contribution in [2.45, 2.75) is 57.8 Å². The van der Waals surface area contributed by atoms with Gasteiger partial charge >= 0.3 is 0 Å². The summed E-state index contributed by atoms with van der Waals surface area (Å²) >= 11 is 3.78.